The SMILES string of the molecule is CC(C)(C)C(=O)SCCl. The van der Waals surface area contributed by atoms with E-state index in [0.717, 1.165) is 11.8 Å². The van der Waals surface area contributed by atoms with Crippen molar-refractivity contribution in [2.24, 2.45) is 5.41 Å². The lowest BCUT2D eigenvalue weighted by Crippen LogP contribution is -2.16. The third-order valence-electron chi connectivity index (χ3n) is 0.798. The van der Waals surface area contributed by atoms with Gasteiger partial charge < -0.3 is 0 Å². The number of thioether (sulfide) groups is 1. The Bertz CT molecular complexity index is 106. The van der Waals surface area contributed by atoms with Crippen molar-refractivity contribution >= 4 is 28.5 Å². The second kappa shape index (κ2) is 3.47. The van der Waals surface area contributed by atoms with Gasteiger partial charge in [-0.1, -0.05) is 32.5 Å². The number of alkyl halides is 1. The Morgan fingerprint density at radius 2 is 2.00 bits per heavy atom. The van der Waals surface area contributed by atoms with Gasteiger partial charge in [-0.15, -0.1) is 11.6 Å². The average Bonchev–Trinajstić information content (AvgIpc) is 1.64. The highest BCUT2D eigenvalue weighted by atomic mass is 35.5. The minimum Gasteiger partial charge on any atom is -0.287 e. The van der Waals surface area contributed by atoms with E-state index in [9.17, 15) is 4.79 Å². The molecule has 0 spiro atoms. The Morgan fingerprint density at radius 1 is 1.56 bits per heavy atom. The van der Waals surface area contributed by atoms with E-state index in [1.165, 1.54) is 0 Å². The van der Waals surface area contributed by atoms with Crippen LogP contribution in [0.15, 0.2) is 0 Å². The minimum absolute atomic E-state index is 0.150. The quantitative estimate of drug-likeness (QED) is 0.557. The maximum atomic E-state index is 10.9. The maximum Gasteiger partial charge on any atom is 0.195 e. The first kappa shape index (κ1) is 9.31. The van der Waals surface area contributed by atoms with E-state index in [1.807, 2.05) is 20.8 Å². The molecule has 0 N–H and O–H groups in total. The van der Waals surface area contributed by atoms with Gasteiger partial charge in [-0.3, -0.25) is 4.79 Å². The molecule has 0 fully saturated rings. The molecule has 0 heterocycles. The summed E-state index contributed by atoms with van der Waals surface area (Å²) < 4.78 is 0. The van der Waals surface area contributed by atoms with Crippen molar-refractivity contribution in [3.05, 3.63) is 0 Å². The first-order chi connectivity index (χ1) is 3.98. The van der Waals surface area contributed by atoms with Gasteiger partial charge in [0.1, 0.15) is 0 Å². The van der Waals surface area contributed by atoms with Crippen molar-refractivity contribution in [1.82, 2.24) is 0 Å². The number of rotatable bonds is 1. The summed E-state index contributed by atoms with van der Waals surface area (Å²) >= 11 is 6.51. The smallest absolute Gasteiger partial charge is 0.195 e. The molecule has 0 aliphatic heterocycles. The van der Waals surface area contributed by atoms with Crippen molar-refractivity contribution in [3.8, 4) is 0 Å². The fourth-order valence-corrected chi connectivity index (χ4v) is 1.10. The van der Waals surface area contributed by atoms with Crippen molar-refractivity contribution in [3.63, 3.8) is 0 Å². The number of hydrogen-bond acceptors (Lipinski definition) is 2. The topological polar surface area (TPSA) is 17.1 Å². The molecule has 1 nitrogen and oxygen atoms in total. The first-order valence-electron chi connectivity index (χ1n) is 2.71. The normalized spacial score (nSPS) is 11.6. The summed E-state index contributed by atoms with van der Waals surface area (Å²) in [5.41, 5.74) is -0.250. The second-order valence-corrected chi connectivity index (χ2v) is 4.32. The number of carbonyl (C=O) groups excluding carboxylic acids is 1. The Labute approximate surface area is 65.2 Å². The Balaban J connectivity index is 3.74. The van der Waals surface area contributed by atoms with E-state index in [0.29, 0.717) is 5.21 Å². The zero-order chi connectivity index (χ0) is 7.49. The van der Waals surface area contributed by atoms with Gasteiger partial charge in [-0.2, -0.15) is 0 Å². The van der Waals surface area contributed by atoms with E-state index in [4.69, 9.17) is 11.6 Å². The van der Waals surface area contributed by atoms with E-state index in [2.05, 4.69) is 0 Å². The lowest BCUT2D eigenvalue weighted by molar-refractivity contribution is -0.117. The van der Waals surface area contributed by atoms with Crippen molar-refractivity contribution in [1.29, 1.82) is 0 Å². The highest BCUT2D eigenvalue weighted by Crippen LogP contribution is 2.22. The van der Waals surface area contributed by atoms with Crippen LogP contribution < -0.4 is 0 Å². The summed E-state index contributed by atoms with van der Waals surface area (Å²) in [6, 6.07) is 0. The molecule has 0 aliphatic carbocycles. The summed E-state index contributed by atoms with van der Waals surface area (Å²) in [5, 5.41) is 0.508. The monoisotopic (exact) mass is 166 g/mol. The largest absolute Gasteiger partial charge is 0.287 e. The molecule has 0 saturated carbocycles. The maximum absolute atomic E-state index is 10.9. The van der Waals surface area contributed by atoms with Crippen LogP contribution in [0.3, 0.4) is 0 Å². The molecule has 0 atom stereocenters. The second-order valence-electron chi connectivity index (χ2n) is 2.79. The molecular formula is C6H11ClOS. The Hall–Kier alpha value is 0.310. The highest BCUT2D eigenvalue weighted by Gasteiger charge is 2.20. The zero-order valence-corrected chi connectivity index (χ0v) is 7.47. The number of halogens is 1. The van der Waals surface area contributed by atoms with Crippen LogP contribution >= 0.6 is 23.4 Å². The fraction of sp³-hybridized carbons (Fsp3) is 0.833. The van der Waals surface area contributed by atoms with Crippen LogP contribution in [-0.2, 0) is 4.79 Å². The Kier molecular flexibility index (Phi) is 3.59. The van der Waals surface area contributed by atoms with Gasteiger partial charge in [-0.05, 0) is 0 Å². The lowest BCUT2D eigenvalue weighted by atomic mass is 10.00. The van der Waals surface area contributed by atoms with Gasteiger partial charge in [0, 0.05) is 5.41 Å². The number of hydrogen-bond donors (Lipinski definition) is 0. The van der Waals surface area contributed by atoms with Crippen molar-refractivity contribution < 1.29 is 4.79 Å². The van der Waals surface area contributed by atoms with Gasteiger partial charge in [0.05, 0.1) is 5.21 Å². The van der Waals surface area contributed by atoms with Crippen LogP contribution in [0.4, 0.5) is 0 Å². The van der Waals surface area contributed by atoms with Gasteiger partial charge >= 0.3 is 0 Å². The van der Waals surface area contributed by atoms with Gasteiger partial charge in [0.25, 0.3) is 0 Å². The third kappa shape index (κ3) is 3.82. The molecule has 0 aromatic carbocycles. The molecule has 0 aromatic rings. The van der Waals surface area contributed by atoms with Crippen LogP contribution in [0.2, 0.25) is 0 Å². The van der Waals surface area contributed by atoms with Crippen LogP contribution in [-0.4, -0.2) is 10.3 Å². The van der Waals surface area contributed by atoms with Crippen LogP contribution in [0, 0.1) is 5.41 Å². The minimum atomic E-state index is -0.250. The highest BCUT2D eigenvalue weighted by molar-refractivity contribution is 8.14. The van der Waals surface area contributed by atoms with E-state index < -0.39 is 0 Å². The van der Waals surface area contributed by atoms with Gasteiger partial charge in [0.2, 0.25) is 0 Å². The van der Waals surface area contributed by atoms with Crippen LogP contribution in [0.1, 0.15) is 20.8 Å². The molecule has 0 radical (unpaired) electrons. The third-order valence-corrected chi connectivity index (χ3v) is 2.11. The summed E-state index contributed by atoms with van der Waals surface area (Å²) in [6.07, 6.45) is 0. The molecule has 0 unspecified atom stereocenters. The van der Waals surface area contributed by atoms with E-state index in [-0.39, 0.29) is 10.5 Å². The molecule has 3 heteroatoms. The van der Waals surface area contributed by atoms with Crippen molar-refractivity contribution in [2.75, 3.05) is 5.21 Å². The summed E-state index contributed by atoms with van der Waals surface area (Å²) in [4.78, 5) is 10.9. The molecular weight excluding hydrogens is 156 g/mol. The van der Waals surface area contributed by atoms with Gasteiger partial charge in [0.15, 0.2) is 5.12 Å². The van der Waals surface area contributed by atoms with E-state index >= 15 is 0 Å². The lowest BCUT2D eigenvalue weighted by Gasteiger charge is -2.13. The predicted molar refractivity (Wildman–Crippen MR) is 42.8 cm³/mol. The Morgan fingerprint density at radius 3 is 2.11 bits per heavy atom. The zero-order valence-electron chi connectivity index (χ0n) is 5.90. The average molecular weight is 167 g/mol. The summed E-state index contributed by atoms with van der Waals surface area (Å²) in [6.45, 7) is 5.65. The molecule has 0 aliphatic rings. The molecule has 0 amide bonds. The van der Waals surface area contributed by atoms with Crippen LogP contribution in [0.5, 0.6) is 0 Å². The molecule has 0 aromatic heterocycles. The summed E-state index contributed by atoms with van der Waals surface area (Å²) in [7, 11) is 0. The molecule has 0 rings (SSSR count). The molecule has 54 valence electrons. The summed E-state index contributed by atoms with van der Waals surface area (Å²) in [5.74, 6) is 0. The number of carbonyl (C=O) groups is 1. The molecule has 0 saturated heterocycles. The van der Waals surface area contributed by atoms with E-state index in [1.54, 1.807) is 0 Å². The molecule has 0 bridgehead atoms. The first-order valence-corrected chi connectivity index (χ1v) is 4.23. The van der Waals surface area contributed by atoms with Crippen molar-refractivity contribution in [2.45, 2.75) is 20.8 Å². The predicted octanol–water partition coefficient (Wildman–Crippen LogP) is 2.49. The molecule has 9 heavy (non-hydrogen) atoms. The fourth-order valence-electron chi connectivity index (χ4n) is 0.266. The van der Waals surface area contributed by atoms with Gasteiger partial charge in [-0.25, -0.2) is 0 Å². The van der Waals surface area contributed by atoms with Crippen LogP contribution in [0.25, 0.3) is 0 Å². The standard InChI is InChI=1S/C6H11ClOS/c1-6(2,3)5(8)9-4-7/h4H2,1-3H3.